The Morgan fingerprint density at radius 2 is 1.68 bits per heavy atom. The SMILES string of the molecule is Cc1ccnc2c3ccccc3n3c4c(CC(C)C)c(CC(C)C)ccc4[n+](C)c3c12. The van der Waals surface area contributed by atoms with E-state index in [1.807, 2.05) is 6.20 Å². The number of benzene rings is 2. The lowest BCUT2D eigenvalue weighted by Gasteiger charge is -2.14. The maximum absolute atomic E-state index is 4.83. The van der Waals surface area contributed by atoms with Gasteiger partial charge in [-0.2, -0.15) is 4.40 Å². The van der Waals surface area contributed by atoms with Gasteiger partial charge < -0.3 is 0 Å². The lowest BCUT2D eigenvalue weighted by molar-refractivity contribution is -0.617. The molecular weight excluding hydrogens is 378 g/mol. The first-order chi connectivity index (χ1) is 14.9. The summed E-state index contributed by atoms with van der Waals surface area (Å²) in [7, 11) is 2.21. The van der Waals surface area contributed by atoms with Crippen LogP contribution in [0.5, 0.6) is 0 Å². The zero-order valence-corrected chi connectivity index (χ0v) is 19.5. The van der Waals surface area contributed by atoms with Gasteiger partial charge in [-0.15, -0.1) is 0 Å². The minimum atomic E-state index is 0.600. The van der Waals surface area contributed by atoms with Gasteiger partial charge >= 0.3 is 0 Å². The Morgan fingerprint density at radius 3 is 2.42 bits per heavy atom. The molecule has 158 valence electrons. The number of hydrogen-bond acceptors (Lipinski definition) is 1. The predicted molar refractivity (Wildman–Crippen MR) is 131 cm³/mol. The number of nitrogens with zero attached hydrogens (tertiary/aromatic N) is 3. The van der Waals surface area contributed by atoms with Gasteiger partial charge in [0.05, 0.1) is 18.0 Å². The monoisotopic (exact) mass is 410 g/mol. The maximum Gasteiger partial charge on any atom is 0.297 e. The molecule has 0 spiro atoms. The second kappa shape index (κ2) is 7.33. The van der Waals surface area contributed by atoms with E-state index in [1.165, 1.54) is 49.7 Å². The third kappa shape index (κ3) is 3.02. The van der Waals surface area contributed by atoms with Gasteiger partial charge in [0.25, 0.3) is 5.65 Å². The summed E-state index contributed by atoms with van der Waals surface area (Å²) in [5.41, 5.74) is 10.5. The van der Waals surface area contributed by atoms with Crippen LogP contribution >= 0.6 is 0 Å². The summed E-state index contributed by atoms with van der Waals surface area (Å²) < 4.78 is 4.89. The Labute approximate surface area is 184 Å². The Balaban J connectivity index is 2.10. The number of pyridine rings is 2. The highest BCUT2D eigenvalue weighted by molar-refractivity contribution is 6.11. The van der Waals surface area contributed by atoms with Crippen LogP contribution in [0.4, 0.5) is 0 Å². The first-order valence-corrected chi connectivity index (χ1v) is 11.5. The molecule has 3 heteroatoms. The van der Waals surface area contributed by atoms with Crippen molar-refractivity contribution in [1.82, 2.24) is 9.38 Å². The highest BCUT2D eigenvalue weighted by atomic mass is 15.1. The number of aryl methyl sites for hydroxylation is 2. The standard InChI is InChI=1S/C28H32N3/c1-17(2)15-20-11-12-24-27(22(20)16-18(3)4)31-23-10-8-7-9-21(23)26-25(28(31)30(24)6)19(5)13-14-29-26/h7-14,17-18H,15-16H2,1-6H3/q+1. The highest BCUT2D eigenvalue weighted by Gasteiger charge is 2.28. The second-order valence-electron chi connectivity index (χ2n) is 9.85. The molecule has 0 saturated carbocycles. The van der Waals surface area contributed by atoms with Crippen molar-refractivity contribution in [2.45, 2.75) is 47.5 Å². The van der Waals surface area contributed by atoms with Crippen molar-refractivity contribution in [3.63, 3.8) is 0 Å². The molecule has 0 aliphatic rings. The fourth-order valence-electron chi connectivity index (χ4n) is 5.25. The number of fused-ring (bicyclic) bond motifs is 8. The van der Waals surface area contributed by atoms with Crippen molar-refractivity contribution >= 4 is 38.5 Å². The molecule has 2 aromatic carbocycles. The van der Waals surface area contributed by atoms with Crippen molar-refractivity contribution < 1.29 is 4.57 Å². The predicted octanol–water partition coefficient (Wildman–Crippen LogP) is 6.32. The van der Waals surface area contributed by atoms with E-state index in [2.05, 4.69) is 93.1 Å². The average molecular weight is 411 g/mol. The van der Waals surface area contributed by atoms with E-state index in [0.29, 0.717) is 11.8 Å². The Kier molecular flexibility index (Phi) is 4.73. The van der Waals surface area contributed by atoms with E-state index in [1.54, 1.807) is 0 Å². The third-order valence-corrected chi connectivity index (χ3v) is 6.50. The van der Waals surface area contributed by atoms with Crippen molar-refractivity contribution in [3.8, 4) is 0 Å². The fourth-order valence-corrected chi connectivity index (χ4v) is 5.25. The number of para-hydroxylation sites is 1. The van der Waals surface area contributed by atoms with Crippen LogP contribution in [-0.2, 0) is 19.9 Å². The third-order valence-electron chi connectivity index (χ3n) is 6.50. The van der Waals surface area contributed by atoms with Crippen molar-refractivity contribution in [2.75, 3.05) is 0 Å². The van der Waals surface area contributed by atoms with Crippen LogP contribution in [0, 0.1) is 18.8 Å². The van der Waals surface area contributed by atoms with Crippen LogP contribution in [0.25, 0.3) is 38.5 Å². The Hall–Kier alpha value is -2.94. The average Bonchev–Trinajstić information content (AvgIpc) is 3.02. The number of imidazole rings is 1. The first-order valence-electron chi connectivity index (χ1n) is 11.5. The summed E-state index contributed by atoms with van der Waals surface area (Å²) in [5, 5.41) is 2.47. The van der Waals surface area contributed by atoms with E-state index in [-0.39, 0.29) is 0 Å². The van der Waals surface area contributed by atoms with Gasteiger partial charge in [-0.25, -0.2) is 4.57 Å². The quantitative estimate of drug-likeness (QED) is 0.251. The smallest absolute Gasteiger partial charge is 0.255 e. The molecule has 3 nitrogen and oxygen atoms in total. The summed E-state index contributed by atoms with van der Waals surface area (Å²) in [6, 6.07) is 15.6. The summed E-state index contributed by atoms with van der Waals surface area (Å²) in [5.74, 6) is 1.23. The zero-order chi connectivity index (χ0) is 21.9. The molecule has 0 aliphatic carbocycles. The van der Waals surface area contributed by atoms with Gasteiger partial charge in [0.1, 0.15) is 5.52 Å². The van der Waals surface area contributed by atoms with Crippen molar-refractivity contribution in [2.24, 2.45) is 18.9 Å². The van der Waals surface area contributed by atoms with Gasteiger partial charge in [-0.1, -0.05) is 45.9 Å². The van der Waals surface area contributed by atoms with Crippen LogP contribution in [0.2, 0.25) is 0 Å². The lowest BCUT2D eigenvalue weighted by Crippen LogP contribution is -2.27. The molecule has 0 fully saturated rings. The summed E-state index contributed by atoms with van der Waals surface area (Å²) in [4.78, 5) is 4.83. The summed E-state index contributed by atoms with van der Waals surface area (Å²) >= 11 is 0. The van der Waals surface area contributed by atoms with Crippen LogP contribution in [0.1, 0.15) is 44.4 Å². The van der Waals surface area contributed by atoms with Gasteiger partial charge in [-0.05, 0) is 67.0 Å². The molecule has 5 rings (SSSR count). The van der Waals surface area contributed by atoms with Gasteiger partial charge in [0.2, 0.25) is 0 Å². The molecule has 31 heavy (non-hydrogen) atoms. The minimum absolute atomic E-state index is 0.600. The van der Waals surface area contributed by atoms with Crippen LogP contribution in [0.15, 0.2) is 48.7 Å². The Morgan fingerprint density at radius 1 is 0.935 bits per heavy atom. The molecular formula is C28H32N3+. The molecule has 0 atom stereocenters. The zero-order valence-electron chi connectivity index (χ0n) is 19.5. The molecule has 0 radical (unpaired) electrons. The molecule has 0 N–H and O–H groups in total. The number of aromatic nitrogens is 3. The molecule has 0 bridgehead atoms. The molecule has 0 unspecified atom stereocenters. The van der Waals surface area contributed by atoms with Crippen molar-refractivity contribution in [1.29, 1.82) is 0 Å². The summed E-state index contributed by atoms with van der Waals surface area (Å²) in [6.07, 6.45) is 4.14. The molecule has 3 aromatic heterocycles. The van der Waals surface area contributed by atoms with E-state index in [9.17, 15) is 0 Å². The molecule has 5 aromatic rings. The van der Waals surface area contributed by atoms with Gasteiger partial charge in [0.15, 0.2) is 11.0 Å². The Bertz CT molecular complexity index is 1450. The molecule has 0 saturated heterocycles. The van der Waals surface area contributed by atoms with E-state index < -0.39 is 0 Å². The minimum Gasteiger partial charge on any atom is -0.255 e. The second-order valence-corrected chi connectivity index (χ2v) is 9.85. The fraction of sp³-hybridized carbons (Fsp3) is 0.357. The van der Waals surface area contributed by atoms with Crippen molar-refractivity contribution in [3.05, 3.63) is 65.4 Å². The largest absolute Gasteiger partial charge is 0.297 e. The van der Waals surface area contributed by atoms with E-state index >= 15 is 0 Å². The van der Waals surface area contributed by atoms with Crippen LogP contribution in [-0.4, -0.2) is 9.38 Å². The molecule has 0 aliphatic heterocycles. The molecule has 3 heterocycles. The van der Waals surface area contributed by atoms with Gasteiger partial charge in [-0.3, -0.25) is 4.98 Å². The van der Waals surface area contributed by atoms with E-state index in [4.69, 9.17) is 4.98 Å². The highest BCUT2D eigenvalue weighted by Crippen LogP contribution is 2.34. The topological polar surface area (TPSA) is 21.2 Å². The maximum atomic E-state index is 4.83. The molecule has 0 amide bonds. The summed E-state index contributed by atoms with van der Waals surface area (Å²) in [6.45, 7) is 11.5. The van der Waals surface area contributed by atoms with E-state index in [0.717, 1.165) is 18.4 Å². The van der Waals surface area contributed by atoms with Crippen LogP contribution in [0.3, 0.4) is 0 Å². The van der Waals surface area contributed by atoms with Crippen LogP contribution < -0.4 is 4.57 Å². The lowest BCUT2D eigenvalue weighted by atomic mass is 9.91. The van der Waals surface area contributed by atoms with Gasteiger partial charge in [0, 0.05) is 17.1 Å². The number of hydrogen-bond donors (Lipinski definition) is 0. The first kappa shape index (κ1) is 20.0. The normalized spacial score (nSPS) is 12.4. The number of rotatable bonds is 4.